The third-order valence-electron chi connectivity index (χ3n) is 2.39. The molecule has 0 aliphatic carbocycles. The van der Waals surface area contributed by atoms with Crippen LogP contribution in [0, 0.1) is 6.92 Å². The van der Waals surface area contributed by atoms with Crippen LogP contribution in [0.3, 0.4) is 0 Å². The first-order valence-electron chi connectivity index (χ1n) is 4.87. The largest absolute Gasteiger partial charge is 0.464 e. The zero-order valence-electron chi connectivity index (χ0n) is 9.25. The summed E-state index contributed by atoms with van der Waals surface area (Å²) in [5.41, 5.74) is 1.27. The van der Waals surface area contributed by atoms with Gasteiger partial charge in [-0.2, -0.15) is 0 Å². The fourth-order valence-corrected chi connectivity index (χ4v) is 2.55. The van der Waals surface area contributed by atoms with E-state index in [2.05, 4.69) is 25.7 Å². The Morgan fingerprint density at radius 3 is 2.71 bits per heavy atom. The molecule has 0 amide bonds. The average Bonchev–Trinajstić information content (AvgIpc) is 2.29. The molecule has 0 aliphatic rings. The number of rotatable bonds is 1. The van der Waals surface area contributed by atoms with E-state index in [4.69, 9.17) is 11.6 Å². The monoisotopic (exact) mass is 313 g/mol. The van der Waals surface area contributed by atoms with Crippen molar-refractivity contribution in [3.05, 3.63) is 39.1 Å². The molecule has 0 fully saturated rings. The number of carbonyl (C=O) groups is 1. The van der Waals surface area contributed by atoms with Gasteiger partial charge in [0, 0.05) is 15.2 Å². The van der Waals surface area contributed by atoms with Crippen molar-refractivity contribution in [2.45, 2.75) is 6.92 Å². The first kappa shape index (κ1) is 12.3. The Hall–Kier alpha value is -1.13. The first-order chi connectivity index (χ1) is 8.02. The van der Waals surface area contributed by atoms with Gasteiger partial charge in [0.15, 0.2) is 5.69 Å². The van der Waals surface area contributed by atoms with Gasteiger partial charge in [-0.3, -0.25) is 0 Å². The summed E-state index contributed by atoms with van der Waals surface area (Å²) in [5, 5.41) is 1.95. The Morgan fingerprint density at radius 1 is 1.35 bits per heavy atom. The summed E-state index contributed by atoms with van der Waals surface area (Å²) in [6.07, 6.45) is 0. The molecule has 0 bridgehead atoms. The third-order valence-corrected chi connectivity index (χ3v) is 3.33. The predicted molar refractivity (Wildman–Crippen MR) is 70.5 cm³/mol. The highest BCUT2D eigenvalue weighted by molar-refractivity contribution is 9.10. The van der Waals surface area contributed by atoms with Gasteiger partial charge >= 0.3 is 5.97 Å². The number of fused-ring (bicyclic) bond motifs is 1. The molecule has 0 saturated carbocycles. The van der Waals surface area contributed by atoms with E-state index >= 15 is 0 Å². The van der Waals surface area contributed by atoms with Crippen molar-refractivity contribution in [1.82, 2.24) is 4.98 Å². The molecule has 3 nitrogen and oxygen atoms in total. The van der Waals surface area contributed by atoms with Gasteiger partial charge in [-0.1, -0.05) is 27.5 Å². The van der Waals surface area contributed by atoms with Crippen LogP contribution in [-0.2, 0) is 4.74 Å². The van der Waals surface area contributed by atoms with Gasteiger partial charge < -0.3 is 4.74 Å². The summed E-state index contributed by atoms with van der Waals surface area (Å²) in [5.74, 6) is -0.499. The van der Waals surface area contributed by atoms with E-state index in [9.17, 15) is 4.79 Å². The molecule has 17 heavy (non-hydrogen) atoms. The second-order valence-corrected chi connectivity index (χ2v) is 4.84. The number of hydrogen-bond acceptors (Lipinski definition) is 3. The predicted octanol–water partition coefficient (Wildman–Crippen LogP) is 3.75. The number of esters is 1. The fraction of sp³-hybridized carbons (Fsp3) is 0.167. The van der Waals surface area contributed by atoms with Crippen LogP contribution >= 0.6 is 27.5 Å². The van der Waals surface area contributed by atoms with E-state index in [1.54, 1.807) is 6.07 Å². The Morgan fingerprint density at radius 2 is 2.06 bits per heavy atom. The minimum atomic E-state index is -0.499. The molecule has 0 saturated heterocycles. The second kappa shape index (κ2) is 4.63. The molecule has 1 aromatic heterocycles. The van der Waals surface area contributed by atoms with E-state index in [1.165, 1.54) is 7.11 Å². The summed E-state index contributed by atoms with van der Waals surface area (Å²) >= 11 is 9.52. The highest BCUT2D eigenvalue weighted by Crippen LogP contribution is 2.30. The van der Waals surface area contributed by atoms with Crippen molar-refractivity contribution in [2.24, 2.45) is 0 Å². The van der Waals surface area contributed by atoms with E-state index in [0.29, 0.717) is 5.15 Å². The number of methoxy groups -OCH3 is 1. The maximum absolute atomic E-state index is 11.4. The molecule has 2 rings (SSSR count). The molecule has 0 N–H and O–H groups in total. The minimum absolute atomic E-state index is 0.203. The molecule has 0 aliphatic heterocycles. The van der Waals surface area contributed by atoms with Crippen molar-refractivity contribution < 1.29 is 9.53 Å². The third kappa shape index (κ3) is 2.28. The molecule has 5 heteroatoms. The molecule has 0 atom stereocenters. The smallest absolute Gasteiger partial charge is 0.356 e. The lowest BCUT2D eigenvalue weighted by atomic mass is 10.1. The zero-order chi connectivity index (χ0) is 12.6. The second-order valence-electron chi connectivity index (χ2n) is 3.63. The molecule has 2 aromatic rings. The number of halogens is 2. The first-order valence-corrected chi connectivity index (χ1v) is 6.04. The number of aryl methyl sites for hydroxylation is 1. The summed E-state index contributed by atoms with van der Waals surface area (Å²) in [6, 6.07) is 5.55. The van der Waals surface area contributed by atoms with Gasteiger partial charge in [0.25, 0.3) is 0 Å². The van der Waals surface area contributed by atoms with E-state index < -0.39 is 5.97 Å². The number of benzene rings is 1. The van der Waals surface area contributed by atoms with E-state index in [-0.39, 0.29) is 5.69 Å². The van der Waals surface area contributed by atoms with Crippen molar-refractivity contribution in [3.63, 3.8) is 0 Å². The van der Waals surface area contributed by atoms with E-state index in [1.807, 2.05) is 19.1 Å². The van der Waals surface area contributed by atoms with Crippen molar-refractivity contribution in [3.8, 4) is 0 Å². The number of carbonyl (C=O) groups excluding carboxylic acids is 1. The molecular weight excluding hydrogens is 305 g/mol. The maximum atomic E-state index is 11.4. The number of hydrogen-bond donors (Lipinski definition) is 0. The van der Waals surface area contributed by atoms with Crippen LogP contribution in [0.1, 0.15) is 16.1 Å². The molecular formula is C12H9BrClNO2. The van der Waals surface area contributed by atoms with Crippen LogP contribution in [0.15, 0.2) is 22.7 Å². The Kier molecular flexibility index (Phi) is 3.35. The standard InChI is InChI=1S/C12H9BrClNO2/c1-6-3-8-7(9(13)4-6)5-10(12(16)17-2)15-11(8)14/h3-5H,1-2H3. The number of nitrogens with zero attached hydrogens (tertiary/aromatic N) is 1. The van der Waals surface area contributed by atoms with Crippen molar-refractivity contribution in [1.29, 1.82) is 0 Å². The highest BCUT2D eigenvalue weighted by Gasteiger charge is 2.13. The van der Waals surface area contributed by atoms with Crippen molar-refractivity contribution >= 4 is 44.3 Å². The molecule has 88 valence electrons. The van der Waals surface area contributed by atoms with Crippen LogP contribution in [0.5, 0.6) is 0 Å². The molecule has 0 radical (unpaired) electrons. The Balaban J connectivity index is 2.77. The van der Waals surface area contributed by atoms with Crippen LogP contribution in [0.2, 0.25) is 5.15 Å². The summed E-state index contributed by atoms with van der Waals surface area (Å²) < 4.78 is 5.51. The van der Waals surface area contributed by atoms with Gasteiger partial charge in [-0.25, -0.2) is 9.78 Å². The normalized spacial score (nSPS) is 10.6. The topological polar surface area (TPSA) is 39.2 Å². The van der Waals surface area contributed by atoms with E-state index in [0.717, 1.165) is 20.8 Å². The number of pyridine rings is 1. The van der Waals surface area contributed by atoms with Gasteiger partial charge in [0.1, 0.15) is 5.15 Å². The Labute approximate surface area is 112 Å². The summed E-state index contributed by atoms with van der Waals surface area (Å²) in [7, 11) is 1.31. The van der Waals surface area contributed by atoms with Crippen LogP contribution in [0.25, 0.3) is 10.8 Å². The minimum Gasteiger partial charge on any atom is -0.464 e. The zero-order valence-corrected chi connectivity index (χ0v) is 11.6. The molecule has 0 spiro atoms. The van der Waals surface area contributed by atoms with Crippen LogP contribution in [0.4, 0.5) is 0 Å². The molecule has 1 heterocycles. The van der Waals surface area contributed by atoms with Gasteiger partial charge in [-0.15, -0.1) is 0 Å². The lowest BCUT2D eigenvalue weighted by Crippen LogP contribution is -2.04. The molecule has 0 unspecified atom stereocenters. The lowest BCUT2D eigenvalue weighted by Gasteiger charge is -2.07. The van der Waals surface area contributed by atoms with Gasteiger partial charge in [0.05, 0.1) is 7.11 Å². The maximum Gasteiger partial charge on any atom is 0.356 e. The quantitative estimate of drug-likeness (QED) is 0.594. The number of ether oxygens (including phenoxy) is 1. The van der Waals surface area contributed by atoms with Gasteiger partial charge in [0.2, 0.25) is 0 Å². The van der Waals surface area contributed by atoms with Crippen LogP contribution in [-0.4, -0.2) is 18.1 Å². The highest BCUT2D eigenvalue weighted by atomic mass is 79.9. The SMILES string of the molecule is COC(=O)c1cc2c(Br)cc(C)cc2c(Cl)n1. The Bertz CT molecular complexity index is 613. The lowest BCUT2D eigenvalue weighted by molar-refractivity contribution is 0.0594. The van der Waals surface area contributed by atoms with Gasteiger partial charge in [-0.05, 0) is 30.7 Å². The van der Waals surface area contributed by atoms with Crippen molar-refractivity contribution in [2.75, 3.05) is 7.11 Å². The van der Waals surface area contributed by atoms with Crippen LogP contribution < -0.4 is 0 Å². The average molecular weight is 315 g/mol. The number of aromatic nitrogens is 1. The summed E-state index contributed by atoms with van der Waals surface area (Å²) in [4.78, 5) is 15.5. The molecule has 1 aromatic carbocycles. The summed E-state index contributed by atoms with van der Waals surface area (Å²) in [6.45, 7) is 1.97. The fourth-order valence-electron chi connectivity index (χ4n) is 1.61.